The second-order valence-electron chi connectivity index (χ2n) is 4.20. The maximum atomic E-state index is 12.5. The Hall–Kier alpha value is -2.32. The highest BCUT2D eigenvalue weighted by Gasteiger charge is 2.24. The fourth-order valence-corrected chi connectivity index (χ4v) is 3.22. The van der Waals surface area contributed by atoms with Crippen LogP contribution in [-0.2, 0) is 10.0 Å². The maximum Gasteiger partial charge on any atom is 0.282 e. The Bertz CT molecular complexity index is 905. The Morgan fingerprint density at radius 3 is 2.76 bits per heavy atom. The third-order valence-electron chi connectivity index (χ3n) is 2.73. The van der Waals surface area contributed by atoms with Crippen LogP contribution in [0.5, 0.6) is 0 Å². The van der Waals surface area contributed by atoms with Crippen LogP contribution < -0.4 is 10.5 Å². The first-order valence-electron chi connectivity index (χ1n) is 5.84. The highest BCUT2D eigenvalue weighted by atomic mass is 35.5. The van der Waals surface area contributed by atoms with E-state index in [4.69, 9.17) is 17.3 Å². The molecule has 0 spiro atoms. The van der Waals surface area contributed by atoms with Gasteiger partial charge in [-0.05, 0) is 24.3 Å². The molecule has 0 aromatic carbocycles. The molecular formula is C12H10ClN5O2S. The van der Waals surface area contributed by atoms with Crippen LogP contribution in [0.25, 0.3) is 5.65 Å². The van der Waals surface area contributed by atoms with Crippen molar-refractivity contribution in [2.45, 2.75) is 5.03 Å². The second kappa shape index (κ2) is 4.90. The van der Waals surface area contributed by atoms with Crippen molar-refractivity contribution in [3.8, 4) is 0 Å². The Morgan fingerprint density at radius 2 is 2.05 bits per heavy atom. The van der Waals surface area contributed by atoms with Gasteiger partial charge < -0.3 is 5.73 Å². The van der Waals surface area contributed by atoms with Gasteiger partial charge in [0.1, 0.15) is 11.5 Å². The van der Waals surface area contributed by atoms with Crippen LogP contribution in [0.1, 0.15) is 0 Å². The maximum absolute atomic E-state index is 12.5. The summed E-state index contributed by atoms with van der Waals surface area (Å²) in [6.45, 7) is 0. The topological polar surface area (TPSA) is 102 Å². The van der Waals surface area contributed by atoms with Crippen LogP contribution in [0.4, 0.5) is 11.6 Å². The van der Waals surface area contributed by atoms with Crippen LogP contribution in [-0.4, -0.2) is 22.8 Å². The Balaban J connectivity index is 2.08. The number of hydrogen-bond donors (Lipinski definition) is 2. The second-order valence-corrected chi connectivity index (χ2v) is 6.23. The zero-order valence-corrected chi connectivity index (χ0v) is 12.1. The van der Waals surface area contributed by atoms with Crippen molar-refractivity contribution < 1.29 is 8.42 Å². The number of aromatic nitrogens is 3. The SMILES string of the molecule is Nc1nc2ccccn2c1S(=O)(=O)Nc1ccc(Cl)cn1. The average molecular weight is 324 g/mol. The van der Waals surface area contributed by atoms with Gasteiger partial charge in [-0.1, -0.05) is 17.7 Å². The summed E-state index contributed by atoms with van der Waals surface area (Å²) in [4.78, 5) is 7.91. The third-order valence-corrected chi connectivity index (χ3v) is 4.35. The van der Waals surface area contributed by atoms with E-state index in [1.807, 2.05) is 0 Å². The minimum atomic E-state index is -3.92. The average Bonchev–Trinajstić information content (AvgIpc) is 2.77. The van der Waals surface area contributed by atoms with Crippen molar-refractivity contribution in [3.63, 3.8) is 0 Å². The minimum absolute atomic E-state index is 0.0809. The van der Waals surface area contributed by atoms with Gasteiger partial charge in [-0.25, -0.2) is 9.97 Å². The third kappa shape index (κ3) is 2.50. The summed E-state index contributed by atoms with van der Waals surface area (Å²) in [6, 6.07) is 8.08. The quantitative estimate of drug-likeness (QED) is 0.764. The lowest BCUT2D eigenvalue weighted by Gasteiger charge is -2.07. The largest absolute Gasteiger partial charge is 0.381 e. The van der Waals surface area contributed by atoms with Gasteiger partial charge >= 0.3 is 0 Å². The van der Waals surface area contributed by atoms with E-state index in [9.17, 15) is 8.42 Å². The minimum Gasteiger partial charge on any atom is -0.381 e. The first-order valence-corrected chi connectivity index (χ1v) is 7.70. The van der Waals surface area contributed by atoms with E-state index >= 15 is 0 Å². The van der Waals surface area contributed by atoms with Gasteiger partial charge in [0.15, 0.2) is 5.82 Å². The highest BCUT2D eigenvalue weighted by Crippen LogP contribution is 2.22. The molecule has 0 bridgehead atoms. The van der Waals surface area contributed by atoms with Gasteiger partial charge in [-0.2, -0.15) is 8.42 Å². The van der Waals surface area contributed by atoms with E-state index in [2.05, 4.69) is 14.7 Å². The molecule has 0 saturated heterocycles. The van der Waals surface area contributed by atoms with Gasteiger partial charge in [0.25, 0.3) is 10.0 Å². The summed E-state index contributed by atoms with van der Waals surface area (Å²) in [5, 5.41) is 0.280. The van der Waals surface area contributed by atoms with Crippen molar-refractivity contribution in [2.75, 3.05) is 10.5 Å². The number of pyridine rings is 2. The molecule has 0 aliphatic heterocycles. The fraction of sp³-hybridized carbons (Fsp3) is 0. The van der Waals surface area contributed by atoms with Crippen LogP contribution in [0.15, 0.2) is 47.8 Å². The summed E-state index contributed by atoms with van der Waals surface area (Å²) >= 11 is 5.71. The molecule has 0 atom stereocenters. The van der Waals surface area contributed by atoms with Crippen molar-refractivity contribution in [2.24, 2.45) is 0 Å². The number of nitrogens with one attached hydrogen (secondary N) is 1. The van der Waals surface area contributed by atoms with E-state index in [0.29, 0.717) is 10.7 Å². The van der Waals surface area contributed by atoms with Gasteiger partial charge in [-0.15, -0.1) is 0 Å². The van der Waals surface area contributed by atoms with Crippen molar-refractivity contribution in [3.05, 3.63) is 47.7 Å². The van der Waals surface area contributed by atoms with E-state index in [1.54, 1.807) is 24.4 Å². The molecule has 7 nitrogen and oxygen atoms in total. The fourth-order valence-electron chi connectivity index (χ4n) is 1.88. The molecule has 0 unspecified atom stereocenters. The first-order chi connectivity index (χ1) is 9.97. The highest BCUT2D eigenvalue weighted by molar-refractivity contribution is 7.92. The molecule has 3 N–H and O–H groups in total. The number of nitrogens with two attached hydrogens (primary N) is 1. The molecule has 3 heterocycles. The van der Waals surface area contributed by atoms with E-state index < -0.39 is 10.0 Å². The van der Waals surface area contributed by atoms with Gasteiger partial charge in [0.05, 0.1) is 5.02 Å². The van der Waals surface area contributed by atoms with Crippen molar-refractivity contribution in [1.29, 1.82) is 0 Å². The lowest BCUT2D eigenvalue weighted by atomic mass is 10.5. The van der Waals surface area contributed by atoms with E-state index in [1.165, 1.54) is 22.7 Å². The number of nitrogen functional groups attached to an aromatic ring is 1. The molecule has 9 heteroatoms. The monoisotopic (exact) mass is 323 g/mol. The van der Waals surface area contributed by atoms with Gasteiger partial charge in [0, 0.05) is 12.4 Å². The number of nitrogens with zero attached hydrogens (tertiary/aromatic N) is 3. The number of fused-ring (bicyclic) bond motifs is 1. The Kier molecular flexibility index (Phi) is 3.19. The zero-order chi connectivity index (χ0) is 15.0. The molecule has 0 aliphatic carbocycles. The molecule has 0 fully saturated rings. The van der Waals surface area contributed by atoms with E-state index in [-0.39, 0.29) is 16.7 Å². The summed E-state index contributed by atoms with van der Waals surface area (Å²) in [5.74, 6) is 0.0624. The summed E-state index contributed by atoms with van der Waals surface area (Å²) < 4.78 is 28.7. The number of rotatable bonds is 3. The zero-order valence-electron chi connectivity index (χ0n) is 10.6. The normalized spacial score (nSPS) is 11.7. The Labute approximate surface area is 125 Å². The summed E-state index contributed by atoms with van der Waals surface area (Å²) in [6.07, 6.45) is 2.92. The predicted octanol–water partition coefficient (Wildman–Crippen LogP) is 1.77. The lowest BCUT2D eigenvalue weighted by molar-refractivity contribution is 0.597. The van der Waals surface area contributed by atoms with Crippen molar-refractivity contribution >= 4 is 38.9 Å². The molecule has 0 saturated carbocycles. The van der Waals surface area contributed by atoms with Gasteiger partial charge in [0.2, 0.25) is 5.03 Å². The van der Waals surface area contributed by atoms with Gasteiger partial charge in [-0.3, -0.25) is 9.12 Å². The molecule has 3 aromatic heterocycles. The van der Waals surface area contributed by atoms with Crippen LogP contribution in [0.2, 0.25) is 5.02 Å². The standard InChI is InChI=1S/C12H10ClN5O2S/c13-8-4-5-9(15-7-8)17-21(19,20)12-11(14)16-10-3-1-2-6-18(10)12/h1-7H,14H2,(H,15,17). The van der Waals surface area contributed by atoms with E-state index in [0.717, 1.165) is 0 Å². The molecule has 0 aliphatic rings. The molecule has 0 radical (unpaired) electrons. The molecule has 3 rings (SSSR count). The smallest absolute Gasteiger partial charge is 0.282 e. The predicted molar refractivity (Wildman–Crippen MR) is 79.7 cm³/mol. The molecular weight excluding hydrogens is 314 g/mol. The number of imidazole rings is 1. The van der Waals surface area contributed by atoms with Crippen LogP contribution >= 0.6 is 11.6 Å². The molecule has 0 amide bonds. The number of hydrogen-bond acceptors (Lipinski definition) is 5. The van der Waals surface area contributed by atoms with Crippen LogP contribution in [0.3, 0.4) is 0 Å². The summed E-state index contributed by atoms with van der Waals surface area (Å²) in [5.41, 5.74) is 6.17. The Morgan fingerprint density at radius 1 is 1.24 bits per heavy atom. The first kappa shape index (κ1) is 13.7. The molecule has 21 heavy (non-hydrogen) atoms. The lowest BCUT2D eigenvalue weighted by Crippen LogP contribution is -2.17. The van der Waals surface area contributed by atoms with Crippen molar-refractivity contribution in [1.82, 2.24) is 14.4 Å². The number of sulfonamides is 1. The summed E-state index contributed by atoms with van der Waals surface area (Å²) in [7, 11) is -3.92. The number of halogens is 1. The molecule has 108 valence electrons. The number of anilines is 2. The molecule has 3 aromatic rings. The van der Waals surface area contributed by atoms with Crippen LogP contribution in [0, 0.1) is 0 Å².